The molecule has 1 unspecified atom stereocenters. The highest BCUT2D eigenvalue weighted by molar-refractivity contribution is 7.99. The molecular weight excluding hydrogens is 430 g/mol. The highest BCUT2D eigenvalue weighted by Crippen LogP contribution is 2.42. The lowest BCUT2D eigenvalue weighted by molar-refractivity contribution is 0.714. The van der Waals surface area contributed by atoms with E-state index in [2.05, 4.69) is 24.5 Å². The Hall–Kier alpha value is -3.15. The SMILES string of the molecule is C=C(N)C(Sc1nc(N2CCC(N)=C(N)C2)c(CCCN)c(CC)c1C#N)c1ccccc1. The van der Waals surface area contributed by atoms with Crippen LogP contribution in [0.4, 0.5) is 5.82 Å². The molecule has 0 spiro atoms. The highest BCUT2D eigenvalue weighted by Gasteiger charge is 2.27. The Labute approximate surface area is 200 Å². The fraction of sp³-hybridized carbons (Fsp3) is 0.360. The lowest BCUT2D eigenvalue weighted by Crippen LogP contribution is -2.37. The summed E-state index contributed by atoms with van der Waals surface area (Å²) in [7, 11) is 0. The molecule has 3 rings (SSSR count). The van der Waals surface area contributed by atoms with Gasteiger partial charge in [-0.1, -0.05) is 55.6 Å². The van der Waals surface area contributed by atoms with Gasteiger partial charge in [0.1, 0.15) is 16.9 Å². The summed E-state index contributed by atoms with van der Waals surface area (Å²) in [4.78, 5) is 7.21. The van der Waals surface area contributed by atoms with E-state index in [9.17, 15) is 5.26 Å². The van der Waals surface area contributed by atoms with Crippen molar-refractivity contribution < 1.29 is 0 Å². The first kappa shape index (κ1) is 24.5. The van der Waals surface area contributed by atoms with Crippen LogP contribution < -0.4 is 27.8 Å². The van der Waals surface area contributed by atoms with Gasteiger partial charge in [-0.05, 0) is 42.5 Å². The van der Waals surface area contributed by atoms with E-state index in [-0.39, 0.29) is 5.25 Å². The summed E-state index contributed by atoms with van der Waals surface area (Å²) in [5.74, 6) is 0.853. The van der Waals surface area contributed by atoms with E-state index in [0.29, 0.717) is 47.9 Å². The van der Waals surface area contributed by atoms with Crippen LogP contribution in [0, 0.1) is 11.3 Å². The molecular formula is C25H33N7S. The molecule has 2 heterocycles. The van der Waals surface area contributed by atoms with Gasteiger partial charge in [0.15, 0.2) is 0 Å². The van der Waals surface area contributed by atoms with Crippen molar-refractivity contribution in [3.8, 4) is 6.07 Å². The molecule has 33 heavy (non-hydrogen) atoms. The third-order valence-corrected chi connectivity index (χ3v) is 7.18. The fourth-order valence-electron chi connectivity index (χ4n) is 4.11. The molecule has 1 atom stereocenters. The third kappa shape index (κ3) is 5.44. The fourth-order valence-corrected chi connectivity index (χ4v) is 5.20. The summed E-state index contributed by atoms with van der Waals surface area (Å²) >= 11 is 1.47. The maximum atomic E-state index is 10.1. The number of nitrogens with zero attached hydrogens (tertiary/aromatic N) is 3. The van der Waals surface area contributed by atoms with Gasteiger partial charge >= 0.3 is 0 Å². The minimum atomic E-state index is -0.222. The van der Waals surface area contributed by atoms with Crippen LogP contribution in [0.3, 0.4) is 0 Å². The molecule has 0 aliphatic carbocycles. The van der Waals surface area contributed by atoms with Crippen molar-refractivity contribution in [2.24, 2.45) is 22.9 Å². The number of benzene rings is 1. The van der Waals surface area contributed by atoms with E-state index < -0.39 is 0 Å². The van der Waals surface area contributed by atoms with Crippen molar-refractivity contribution in [1.82, 2.24) is 4.98 Å². The van der Waals surface area contributed by atoms with Crippen molar-refractivity contribution in [3.63, 3.8) is 0 Å². The lowest BCUT2D eigenvalue weighted by atomic mass is 9.96. The molecule has 0 amide bonds. The average molecular weight is 464 g/mol. The average Bonchev–Trinajstić information content (AvgIpc) is 2.82. The smallest absolute Gasteiger partial charge is 0.133 e. The van der Waals surface area contributed by atoms with E-state index in [1.54, 1.807) is 0 Å². The maximum absolute atomic E-state index is 10.1. The van der Waals surface area contributed by atoms with Crippen LogP contribution >= 0.6 is 11.8 Å². The van der Waals surface area contributed by atoms with E-state index in [0.717, 1.165) is 47.6 Å². The maximum Gasteiger partial charge on any atom is 0.133 e. The Balaban J connectivity index is 2.15. The first-order valence-corrected chi connectivity index (χ1v) is 12.1. The largest absolute Gasteiger partial charge is 0.401 e. The topological polar surface area (TPSA) is 144 Å². The van der Waals surface area contributed by atoms with E-state index >= 15 is 0 Å². The second-order valence-corrected chi connectivity index (χ2v) is 9.23. The standard InChI is InChI=1S/C25H33N7S/c1-3-18-19(10-7-12-26)24(32-13-11-21(29)22(30)15-32)31-25(20(18)14-27)33-23(16(2)28)17-8-5-4-6-9-17/h4-6,8-9,23H,2-3,7,10-13,15,26,28-30H2,1H3. The van der Waals surface area contributed by atoms with E-state index in [1.165, 1.54) is 11.8 Å². The molecule has 0 fully saturated rings. The number of rotatable bonds is 9. The molecule has 2 aromatic rings. The highest BCUT2D eigenvalue weighted by atomic mass is 32.2. The summed E-state index contributed by atoms with van der Waals surface area (Å²) in [6, 6.07) is 12.3. The minimum absolute atomic E-state index is 0.222. The zero-order chi connectivity index (χ0) is 24.0. The zero-order valence-corrected chi connectivity index (χ0v) is 20.0. The quantitative estimate of drug-likeness (QED) is 0.415. The third-order valence-electron chi connectivity index (χ3n) is 5.85. The Morgan fingerprint density at radius 3 is 2.55 bits per heavy atom. The number of thioether (sulfide) groups is 1. The van der Waals surface area contributed by atoms with Gasteiger partial charge < -0.3 is 27.8 Å². The monoisotopic (exact) mass is 463 g/mol. The number of hydrogen-bond acceptors (Lipinski definition) is 8. The van der Waals surface area contributed by atoms with Crippen LogP contribution in [0.25, 0.3) is 0 Å². The molecule has 1 aromatic heterocycles. The van der Waals surface area contributed by atoms with Crippen LogP contribution in [-0.2, 0) is 12.8 Å². The van der Waals surface area contributed by atoms with Crippen molar-refractivity contribution in [3.05, 3.63) is 76.3 Å². The first-order chi connectivity index (χ1) is 15.9. The summed E-state index contributed by atoms with van der Waals surface area (Å²) < 4.78 is 0. The first-order valence-electron chi connectivity index (χ1n) is 11.2. The van der Waals surface area contributed by atoms with Crippen LogP contribution in [0.1, 0.15) is 47.3 Å². The van der Waals surface area contributed by atoms with Gasteiger partial charge in [-0.15, -0.1) is 0 Å². The van der Waals surface area contributed by atoms with Gasteiger partial charge in [0.2, 0.25) is 0 Å². The van der Waals surface area contributed by atoms with Gasteiger partial charge in [-0.25, -0.2) is 4.98 Å². The number of aromatic nitrogens is 1. The normalized spacial score (nSPS) is 14.8. The minimum Gasteiger partial charge on any atom is -0.401 e. The summed E-state index contributed by atoms with van der Waals surface area (Å²) in [5, 5.41) is 10.6. The molecule has 8 heteroatoms. The Morgan fingerprint density at radius 2 is 1.97 bits per heavy atom. The van der Waals surface area contributed by atoms with Crippen molar-refractivity contribution in [1.29, 1.82) is 5.26 Å². The molecule has 7 nitrogen and oxygen atoms in total. The number of hydrogen-bond donors (Lipinski definition) is 4. The molecule has 1 aromatic carbocycles. The summed E-state index contributed by atoms with van der Waals surface area (Å²) in [6.45, 7) is 7.87. The molecule has 1 aliphatic heterocycles. The summed E-state index contributed by atoms with van der Waals surface area (Å²) in [5.41, 5.74) is 29.9. The van der Waals surface area contributed by atoms with E-state index in [1.807, 2.05) is 30.3 Å². The van der Waals surface area contributed by atoms with Gasteiger partial charge in [-0.2, -0.15) is 5.26 Å². The Bertz CT molecular complexity index is 1070. The molecule has 174 valence electrons. The number of anilines is 1. The van der Waals surface area contributed by atoms with Gasteiger partial charge in [-0.3, -0.25) is 0 Å². The number of pyridine rings is 1. The predicted molar refractivity (Wildman–Crippen MR) is 136 cm³/mol. The zero-order valence-electron chi connectivity index (χ0n) is 19.2. The lowest BCUT2D eigenvalue weighted by Gasteiger charge is -2.32. The number of nitrogens with two attached hydrogens (primary N) is 4. The van der Waals surface area contributed by atoms with Crippen LogP contribution in [0.5, 0.6) is 0 Å². The molecule has 8 N–H and O–H groups in total. The predicted octanol–water partition coefficient (Wildman–Crippen LogP) is 3.05. The van der Waals surface area contributed by atoms with E-state index in [4.69, 9.17) is 27.9 Å². The van der Waals surface area contributed by atoms with Crippen molar-refractivity contribution in [2.75, 3.05) is 24.5 Å². The van der Waals surface area contributed by atoms with Gasteiger partial charge in [0.25, 0.3) is 0 Å². The molecule has 0 saturated carbocycles. The van der Waals surface area contributed by atoms with Crippen molar-refractivity contribution in [2.45, 2.75) is 42.9 Å². The second-order valence-electron chi connectivity index (χ2n) is 8.14. The molecule has 0 bridgehead atoms. The van der Waals surface area contributed by atoms with Gasteiger partial charge in [0, 0.05) is 30.1 Å². The van der Waals surface area contributed by atoms with Gasteiger partial charge in [0.05, 0.1) is 17.4 Å². The molecule has 0 radical (unpaired) electrons. The molecule has 1 aliphatic rings. The van der Waals surface area contributed by atoms with Crippen LogP contribution in [0.15, 0.2) is 59.0 Å². The molecule has 0 saturated heterocycles. The summed E-state index contributed by atoms with van der Waals surface area (Å²) in [6.07, 6.45) is 2.96. The van der Waals surface area contributed by atoms with Crippen molar-refractivity contribution >= 4 is 17.6 Å². The van der Waals surface area contributed by atoms with Crippen LogP contribution in [-0.4, -0.2) is 24.6 Å². The Kier molecular flexibility index (Phi) is 8.26. The van der Waals surface area contributed by atoms with Crippen LogP contribution in [0.2, 0.25) is 0 Å². The Morgan fingerprint density at radius 1 is 1.24 bits per heavy atom. The second kappa shape index (κ2) is 11.1. The number of nitriles is 1.